The van der Waals surface area contributed by atoms with Crippen molar-refractivity contribution >= 4 is 0 Å². The summed E-state index contributed by atoms with van der Waals surface area (Å²) in [5.41, 5.74) is -0.00500. The Labute approximate surface area is 94.2 Å². The van der Waals surface area contributed by atoms with Crippen molar-refractivity contribution in [3.63, 3.8) is 0 Å². The summed E-state index contributed by atoms with van der Waals surface area (Å²) < 4.78 is 5.73. The third-order valence-electron chi connectivity index (χ3n) is 2.91. The number of rotatable bonds is 4. The van der Waals surface area contributed by atoms with Crippen molar-refractivity contribution in [1.29, 1.82) is 0 Å². The Kier molecular flexibility index (Phi) is 5.03. The zero-order valence-electron chi connectivity index (χ0n) is 10.7. The lowest BCUT2D eigenvalue weighted by Crippen LogP contribution is -2.42. The topological polar surface area (TPSA) is 24.5 Å². The fourth-order valence-corrected chi connectivity index (χ4v) is 1.93. The predicted molar refractivity (Wildman–Crippen MR) is 64.2 cm³/mol. The molecule has 1 saturated heterocycles. The molecule has 0 aliphatic carbocycles. The zero-order valence-corrected chi connectivity index (χ0v) is 10.7. The minimum Gasteiger partial charge on any atom is -0.375 e. The van der Waals surface area contributed by atoms with E-state index in [0.29, 0.717) is 0 Å². The van der Waals surface area contributed by atoms with Crippen molar-refractivity contribution < 1.29 is 4.74 Å². The summed E-state index contributed by atoms with van der Waals surface area (Å²) in [6, 6.07) is 0.745. The molecule has 0 radical (unpaired) electrons. The fraction of sp³-hybridized carbons (Fsp3) is 1.00. The zero-order chi connectivity index (χ0) is 11.3. The Balaban J connectivity index is 2.14. The first-order chi connectivity index (χ1) is 6.99. The van der Waals surface area contributed by atoms with E-state index in [1.54, 1.807) is 0 Å². The van der Waals surface area contributed by atoms with E-state index in [4.69, 9.17) is 4.74 Å². The molecular weight excluding hydrogens is 188 g/mol. The molecule has 3 heteroatoms. The molecule has 0 aromatic rings. The van der Waals surface area contributed by atoms with Crippen molar-refractivity contribution in [2.24, 2.45) is 0 Å². The van der Waals surface area contributed by atoms with Gasteiger partial charge in [-0.25, -0.2) is 0 Å². The molecule has 0 aromatic carbocycles. The van der Waals surface area contributed by atoms with Crippen LogP contribution in [0.1, 0.15) is 33.6 Å². The highest BCUT2D eigenvalue weighted by Gasteiger charge is 2.18. The van der Waals surface area contributed by atoms with Gasteiger partial charge in [0.25, 0.3) is 0 Å². The predicted octanol–water partition coefficient (Wildman–Crippen LogP) is 1.49. The number of hydrogen-bond acceptors (Lipinski definition) is 3. The second kappa shape index (κ2) is 5.83. The van der Waals surface area contributed by atoms with Gasteiger partial charge in [0.2, 0.25) is 0 Å². The Morgan fingerprint density at radius 1 is 1.27 bits per heavy atom. The molecule has 1 fully saturated rings. The lowest BCUT2D eigenvalue weighted by molar-refractivity contribution is -0.0156. The van der Waals surface area contributed by atoms with Crippen LogP contribution < -0.4 is 5.32 Å². The molecule has 0 bridgehead atoms. The molecule has 0 aromatic heterocycles. The maximum Gasteiger partial charge on any atom is 0.0600 e. The highest BCUT2D eigenvalue weighted by Crippen LogP contribution is 2.11. The maximum atomic E-state index is 5.73. The molecule has 1 N–H and O–H groups in total. The van der Waals surface area contributed by atoms with Gasteiger partial charge in [0.05, 0.1) is 12.2 Å². The first kappa shape index (κ1) is 12.9. The van der Waals surface area contributed by atoms with E-state index in [9.17, 15) is 0 Å². The minimum absolute atomic E-state index is 0.00500. The Bertz CT molecular complexity index is 171. The van der Waals surface area contributed by atoms with Crippen LogP contribution in [0.25, 0.3) is 0 Å². The van der Waals surface area contributed by atoms with Crippen LogP contribution in [0.15, 0.2) is 0 Å². The van der Waals surface area contributed by atoms with Crippen LogP contribution in [0.3, 0.4) is 0 Å². The van der Waals surface area contributed by atoms with E-state index >= 15 is 0 Å². The molecule has 90 valence electrons. The van der Waals surface area contributed by atoms with Gasteiger partial charge < -0.3 is 15.0 Å². The van der Waals surface area contributed by atoms with E-state index < -0.39 is 0 Å². The van der Waals surface area contributed by atoms with Crippen LogP contribution >= 0.6 is 0 Å². The summed E-state index contributed by atoms with van der Waals surface area (Å²) >= 11 is 0. The fourth-order valence-electron chi connectivity index (χ4n) is 1.93. The molecular formula is C12H26N2O. The number of likely N-dealkylation sites (N-methyl/N-ethyl adjacent to an activating group) is 1. The summed E-state index contributed by atoms with van der Waals surface area (Å²) in [4.78, 5) is 2.44. The normalized spacial score (nSPS) is 19.8. The van der Waals surface area contributed by atoms with E-state index in [2.05, 4.69) is 38.0 Å². The number of nitrogens with zero attached hydrogens (tertiary/aromatic N) is 1. The molecule has 1 aliphatic heterocycles. The Morgan fingerprint density at radius 2 is 1.87 bits per heavy atom. The molecule has 15 heavy (non-hydrogen) atoms. The SMILES string of the molecule is CN(CCOC(C)(C)C)C1CCNCC1. The Morgan fingerprint density at radius 3 is 2.40 bits per heavy atom. The highest BCUT2D eigenvalue weighted by atomic mass is 16.5. The van der Waals surface area contributed by atoms with E-state index in [1.165, 1.54) is 12.8 Å². The second-order valence-corrected chi connectivity index (χ2v) is 5.42. The number of hydrogen-bond donors (Lipinski definition) is 1. The lowest BCUT2D eigenvalue weighted by Gasteiger charge is -2.32. The van der Waals surface area contributed by atoms with Crippen LogP contribution in [0.5, 0.6) is 0 Å². The van der Waals surface area contributed by atoms with Crippen molar-refractivity contribution in [1.82, 2.24) is 10.2 Å². The largest absolute Gasteiger partial charge is 0.375 e. The second-order valence-electron chi connectivity index (χ2n) is 5.42. The summed E-state index contributed by atoms with van der Waals surface area (Å²) in [6.45, 7) is 10.5. The standard InChI is InChI=1S/C12H26N2O/c1-12(2,3)15-10-9-14(4)11-5-7-13-8-6-11/h11,13H,5-10H2,1-4H3. The molecule has 1 rings (SSSR count). The van der Waals surface area contributed by atoms with Crippen molar-refractivity contribution in [2.45, 2.75) is 45.3 Å². The molecule has 3 nitrogen and oxygen atoms in total. The van der Waals surface area contributed by atoms with Gasteiger partial charge in [-0.15, -0.1) is 0 Å². The van der Waals surface area contributed by atoms with Crippen molar-refractivity contribution in [3.05, 3.63) is 0 Å². The maximum absolute atomic E-state index is 5.73. The summed E-state index contributed by atoms with van der Waals surface area (Å²) in [6.07, 6.45) is 2.54. The molecule has 1 heterocycles. The van der Waals surface area contributed by atoms with E-state index in [-0.39, 0.29) is 5.60 Å². The van der Waals surface area contributed by atoms with Gasteiger partial charge in [-0.1, -0.05) is 0 Å². The molecule has 0 spiro atoms. The minimum atomic E-state index is -0.00500. The third kappa shape index (κ3) is 5.50. The monoisotopic (exact) mass is 214 g/mol. The number of piperidine rings is 1. The van der Waals surface area contributed by atoms with E-state index in [0.717, 1.165) is 32.3 Å². The van der Waals surface area contributed by atoms with Gasteiger partial charge in [-0.2, -0.15) is 0 Å². The van der Waals surface area contributed by atoms with Crippen molar-refractivity contribution in [2.75, 3.05) is 33.3 Å². The quantitative estimate of drug-likeness (QED) is 0.767. The van der Waals surface area contributed by atoms with Crippen LogP contribution in [0.4, 0.5) is 0 Å². The number of nitrogens with one attached hydrogen (secondary N) is 1. The van der Waals surface area contributed by atoms with Gasteiger partial charge in [-0.3, -0.25) is 0 Å². The lowest BCUT2D eigenvalue weighted by atomic mass is 10.1. The smallest absolute Gasteiger partial charge is 0.0600 e. The Hall–Kier alpha value is -0.120. The molecule has 0 saturated carbocycles. The average Bonchev–Trinajstić information content (AvgIpc) is 2.17. The number of ether oxygens (including phenoxy) is 1. The molecule has 0 amide bonds. The van der Waals surface area contributed by atoms with Gasteiger partial charge in [0.15, 0.2) is 0 Å². The van der Waals surface area contributed by atoms with E-state index in [1.807, 2.05) is 0 Å². The van der Waals surface area contributed by atoms with Crippen LogP contribution in [0.2, 0.25) is 0 Å². The average molecular weight is 214 g/mol. The van der Waals surface area contributed by atoms with Crippen molar-refractivity contribution in [3.8, 4) is 0 Å². The summed E-state index contributed by atoms with van der Waals surface area (Å²) in [7, 11) is 2.21. The first-order valence-corrected chi connectivity index (χ1v) is 6.04. The van der Waals surface area contributed by atoms with Crippen LogP contribution in [-0.2, 0) is 4.74 Å². The van der Waals surface area contributed by atoms with Crippen LogP contribution in [-0.4, -0.2) is 49.8 Å². The van der Waals surface area contributed by atoms with Gasteiger partial charge >= 0.3 is 0 Å². The third-order valence-corrected chi connectivity index (χ3v) is 2.91. The summed E-state index contributed by atoms with van der Waals surface area (Å²) in [5.74, 6) is 0. The van der Waals surface area contributed by atoms with Gasteiger partial charge in [0.1, 0.15) is 0 Å². The molecule has 0 unspecified atom stereocenters. The molecule has 1 aliphatic rings. The first-order valence-electron chi connectivity index (χ1n) is 6.04. The molecule has 0 atom stereocenters. The van der Waals surface area contributed by atoms with Gasteiger partial charge in [-0.05, 0) is 53.8 Å². The van der Waals surface area contributed by atoms with Crippen LogP contribution in [0, 0.1) is 0 Å². The summed E-state index contributed by atoms with van der Waals surface area (Å²) in [5, 5.41) is 3.39. The van der Waals surface area contributed by atoms with Gasteiger partial charge in [0, 0.05) is 12.6 Å². The highest BCUT2D eigenvalue weighted by molar-refractivity contribution is 4.75.